The molecule has 4 saturated heterocycles. The van der Waals surface area contributed by atoms with Crippen LogP contribution in [0.2, 0.25) is 0 Å². The fourth-order valence-corrected chi connectivity index (χ4v) is 12.1. The van der Waals surface area contributed by atoms with Gasteiger partial charge in [0.2, 0.25) is 11.8 Å². The van der Waals surface area contributed by atoms with E-state index in [9.17, 15) is 29.1 Å². The molecular formula is C70H77NO20S. The molecule has 6 aromatic carbocycles. The lowest BCUT2D eigenvalue weighted by atomic mass is 9.93. The van der Waals surface area contributed by atoms with Crippen LogP contribution < -0.4 is 0 Å². The smallest absolute Gasteiger partial charge is 0.303 e. The summed E-state index contributed by atoms with van der Waals surface area (Å²) >= 11 is 1.07. The lowest BCUT2D eigenvalue weighted by Crippen LogP contribution is -2.71. The van der Waals surface area contributed by atoms with Crippen molar-refractivity contribution >= 4 is 41.5 Å². The molecule has 4 aliphatic rings. The maximum absolute atomic E-state index is 14.3. The molecule has 0 aliphatic carbocycles. The molecule has 4 aliphatic heterocycles. The first-order chi connectivity index (χ1) is 44.8. The van der Waals surface area contributed by atoms with E-state index in [0.717, 1.165) is 65.3 Å². The summed E-state index contributed by atoms with van der Waals surface area (Å²) in [6, 6.07) is 55.3. The second-order valence-corrected chi connectivity index (χ2v) is 23.5. The molecule has 0 saturated carbocycles. The van der Waals surface area contributed by atoms with Crippen LogP contribution in [0.15, 0.2) is 182 Å². The van der Waals surface area contributed by atoms with Crippen LogP contribution in [0.25, 0.3) is 0 Å². The molecule has 0 bridgehead atoms. The van der Waals surface area contributed by atoms with Crippen LogP contribution in [0, 0.1) is 0 Å². The van der Waals surface area contributed by atoms with Crippen molar-refractivity contribution in [2.75, 3.05) is 31.3 Å². The number of rotatable bonds is 29. The molecule has 22 heteroatoms. The number of ether oxygens (including phenoxy) is 14. The van der Waals surface area contributed by atoms with Crippen molar-refractivity contribution < 1.29 is 95.4 Å². The average molecular weight is 1280 g/mol. The van der Waals surface area contributed by atoms with E-state index in [4.69, 9.17) is 66.3 Å². The summed E-state index contributed by atoms with van der Waals surface area (Å²) in [5, 5.41) is 13.1. The van der Waals surface area contributed by atoms with Gasteiger partial charge in [-0.2, -0.15) is 0 Å². The van der Waals surface area contributed by atoms with Crippen molar-refractivity contribution in [1.82, 2.24) is 4.90 Å². The Kier molecular flexibility index (Phi) is 25.0. The molecule has 2 amide bonds. The van der Waals surface area contributed by atoms with E-state index in [1.807, 2.05) is 182 Å². The van der Waals surface area contributed by atoms with Gasteiger partial charge in [0, 0.05) is 20.8 Å². The van der Waals surface area contributed by atoms with Gasteiger partial charge in [0.25, 0.3) is 0 Å². The molecule has 4 heterocycles. The van der Waals surface area contributed by atoms with E-state index in [2.05, 4.69) is 0 Å². The number of imide groups is 1. The minimum atomic E-state index is -1.87. The Balaban J connectivity index is 1.10. The summed E-state index contributed by atoms with van der Waals surface area (Å²) in [5.41, 5.74) is 4.92. The third-order valence-corrected chi connectivity index (χ3v) is 16.6. The highest BCUT2D eigenvalue weighted by Crippen LogP contribution is 2.40. The summed E-state index contributed by atoms with van der Waals surface area (Å²) in [4.78, 5) is 68.3. The Morgan fingerprint density at radius 2 is 0.783 bits per heavy atom. The van der Waals surface area contributed by atoms with Crippen LogP contribution in [0.1, 0.15) is 54.2 Å². The zero-order valence-corrected chi connectivity index (χ0v) is 52.1. The summed E-state index contributed by atoms with van der Waals surface area (Å²) < 4.78 is 93.5. The number of hydrogen-bond acceptors (Lipinski definition) is 21. The maximum Gasteiger partial charge on any atom is 0.303 e. The van der Waals surface area contributed by atoms with E-state index in [1.54, 1.807) is 0 Å². The predicted molar refractivity (Wildman–Crippen MR) is 331 cm³/mol. The van der Waals surface area contributed by atoms with Crippen molar-refractivity contribution in [2.24, 2.45) is 0 Å². The average Bonchev–Trinajstić information content (AvgIpc) is 0.769. The van der Waals surface area contributed by atoms with E-state index in [-0.39, 0.29) is 64.4 Å². The van der Waals surface area contributed by atoms with Gasteiger partial charge in [-0.1, -0.05) is 182 Å². The fourth-order valence-electron chi connectivity index (χ4n) is 11.3. The molecule has 92 heavy (non-hydrogen) atoms. The van der Waals surface area contributed by atoms with Crippen LogP contribution in [0.5, 0.6) is 0 Å². The Bertz CT molecular complexity index is 3240. The summed E-state index contributed by atoms with van der Waals surface area (Å²) in [5.74, 6) is -4.28. The molecule has 10 rings (SSSR count). The molecule has 1 N–H and O–H groups in total. The molecule has 15 atom stereocenters. The number of aliphatic hydroxyl groups excluding tert-OH is 1. The second-order valence-electron chi connectivity index (χ2n) is 22.5. The standard InChI is InChI=1S/C70H77NO20S/c1-45(72)80-42-56-61(85-46(2)73)63(86-47(3)74)59(71-57(75)43-92-44-58(71)76)68(88-56)91-64-60(77)54(40-78-34-48-22-10-4-11-23-48)87-70(66(64)82-37-51-28-16-7-17-29-51)90-62-55(41-79-35-49-24-12-5-13-25-49)89-69(84-39-53-32-20-9-21-33-53)67(83-38-52-30-18-8-19-31-52)65(62)81-36-50-26-14-6-15-27-50/h4-33,54-56,59-70,77H,34-44H2,1-3H3/t54-,55-,56-,59-,60+,61-,62-,63-,64+,65+,66-,67-,68+,69-,70+/m1/s1. The van der Waals surface area contributed by atoms with Crippen molar-refractivity contribution in [3.63, 3.8) is 0 Å². The first kappa shape index (κ1) is 67.6. The van der Waals surface area contributed by atoms with Gasteiger partial charge in [-0.05, 0) is 33.4 Å². The van der Waals surface area contributed by atoms with Crippen LogP contribution in [0.3, 0.4) is 0 Å². The second kappa shape index (κ2) is 34.1. The molecule has 21 nitrogen and oxygen atoms in total. The maximum atomic E-state index is 14.3. The Hall–Kier alpha value is -7.26. The quantitative estimate of drug-likeness (QED) is 0.0270. The Labute approximate surface area is 538 Å². The molecule has 0 spiro atoms. The summed E-state index contributed by atoms with van der Waals surface area (Å²) in [6.07, 6.45) is -19.9. The van der Waals surface area contributed by atoms with E-state index in [0.29, 0.717) is 5.56 Å². The number of nitrogens with zero attached hydrogens (tertiary/aromatic N) is 1. The normalized spacial score (nSPS) is 27.4. The van der Waals surface area contributed by atoms with Crippen molar-refractivity contribution in [3.8, 4) is 0 Å². The first-order valence-corrected chi connectivity index (χ1v) is 31.7. The minimum Gasteiger partial charge on any atom is -0.463 e. The van der Waals surface area contributed by atoms with E-state index >= 15 is 0 Å². The van der Waals surface area contributed by atoms with Crippen LogP contribution in [0.4, 0.5) is 0 Å². The number of benzene rings is 6. The molecule has 0 unspecified atom stereocenters. The molecule has 6 aromatic rings. The number of amides is 2. The van der Waals surface area contributed by atoms with Crippen molar-refractivity contribution in [2.45, 2.75) is 152 Å². The largest absolute Gasteiger partial charge is 0.463 e. The number of hydrogen-bond donors (Lipinski definition) is 1. The lowest BCUT2D eigenvalue weighted by molar-refractivity contribution is -0.387. The topological polar surface area (TPSA) is 238 Å². The van der Waals surface area contributed by atoms with Crippen molar-refractivity contribution in [3.05, 3.63) is 215 Å². The molecular weight excluding hydrogens is 1210 g/mol. The van der Waals surface area contributed by atoms with Crippen molar-refractivity contribution in [1.29, 1.82) is 0 Å². The fraction of sp³-hybridized carbons (Fsp3) is 0.414. The zero-order chi connectivity index (χ0) is 64.2. The molecule has 4 fully saturated rings. The van der Waals surface area contributed by atoms with Gasteiger partial charge in [-0.3, -0.25) is 28.9 Å². The highest BCUT2D eigenvalue weighted by Gasteiger charge is 2.60. The van der Waals surface area contributed by atoms with E-state index < -0.39 is 128 Å². The van der Waals surface area contributed by atoms with Gasteiger partial charge in [0.05, 0.1) is 64.4 Å². The highest BCUT2D eigenvalue weighted by molar-refractivity contribution is 8.00. The number of thioether (sulfide) groups is 1. The Morgan fingerprint density at radius 1 is 0.413 bits per heavy atom. The molecule has 0 aromatic heterocycles. The SMILES string of the molecule is CC(=O)OC[C@H]1O[C@@H](O[C@H]2[C@@H](O)[C@@H](COCc3ccccc3)O[C@@H](O[C@H]3[C@H](OCc4ccccc4)[C@@H](OCc4ccccc4)[C@H](OCc4ccccc4)O[C@@H]3COCc3ccccc3)[C@@H]2OCc2ccccc2)[C@H](N2C(=O)CSCC2=O)[C@@H](OC(C)=O)[C@@H]1OC(C)=O. The van der Waals surface area contributed by atoms with Crippen LogP contribution >= 0.6 is 11.8 Å². The molecule has 0 radical (unpaired) electrons. The van der Waals surface area contributed by atoms with Gasteiger partial charge in [0.1, 0.15) is 67.6 Å². The highest BCUT2D eigenvalue weighted by atomic mass is 32.2. The number of esters is 3. The van der Waals surface area contributed by atoms with Gasteiger partial charge >= 0.3 is 17.9 Å². The minimum absolute atomic E-state index is 0.0542. The first-order valence-electron chi connectivity index (χ1n) is 30.6. The lowest BCUT2D eigenvalue weighted by Gasteiger charge is -2.52. The Morgan fingerprint density at radius 3 is 1.24 bits per heavy atom. The number of aliphatic hydroxyl groups is 1. The molecule has 488 valence electrons. The summed E-state index contributed by atoms with van der Waals surface area (Å²) in [7, 11) is 0. The third-order valence-electron chi connectivity index (χ3n) is 15.6. The third kappa shape index (κ3) is 18.7. The van der Waals surface area contributed by atoms with Gasteiger partial charge in [-0.25, -0.2) is 0 Å². The van der Waals surface area contributed by atoms with Gasteiger partial charge < -0.3 is 71.4 Å². The van der Waals surface area contributed by atoms with Gasteiger partial charge in [-0.15, -0.1) is 11.8 Å². The van der Waals surface area contributed by atoms with Crippen LogP contribution in [-0.2, 0) is 130 Å². The van der Waals surface area contributed by atoms with Crippen LogP contribution in [-0.4, -0.2) is 163 Å². The number of carbonyl (C=O) groups excluding carboxylic acids is 5. The van der Waals surface area contributed by atoms with Gasteiger partial charge in [0.15, 0.2) is 31.1 Å². The van der Waals surface area contributed by atoms with E-state index in [1.165, 1.54) is 0 Å². The monoisotopic (exact) mass is 1280 g/mol. The number of carbonyl (C=O) groups is 5. The predicted octanol–water partition coefficient (Wildman–Crippen LogP) is 7.60. The zero-order valence-electron chi connectivity index (χ0n) is 51.3. The summed E-state index contributed by atoms with van der Waals surface area (Å²) in [6.45, 7) is 2.77.